The van der Waals surface area contributed by atoms with Crippen molar-refractivity contribution in [2.75, 3.05) is 0 Å². The van der Waals surface area contributed by atoms with Crippen molar-refractivity contribution in [2.45, 2.75) is 39.5 Å². The second kappa shape index (κ2) is 10.7. The Morgan fingerprint density at radius 1 is 1.09 bits per heavy atom. The summed E-state index contributed by atoms with van der Waals surface area (Å²) in [6.45, 7) is 4.64. The molecule has 0 radical (unpaired) electrons. The van der Waals surface area contributed by atoms with Crippen LogP contribution in [0.15, 0.2) is 58.5 Å². The second-order valence-corrected chi connectivity index (χ2v) is 7.30. The molecule has 188 valence electrons. The molecule has 1 aromatic carbocycles. The van der Waals surface area contributed by atoms with Crippen molar-refractivity contribution in [2.24, 2.45) is 10.7 Å². The van der Waals surface area contributed by atoms with E-state index in [1.807, 2.05) is 6.92 Å². The number of primary amides is 1. The van der Waals surface area contributed by atoms with E-state index in [0.29, 0.717) is 18.6 Å². The minimum atomic E-state index is -5.05. The van der Waals surface area contributed by atoms with E-state index in [1.165, 1.54) is 6.08 Å². The Balaban J connectivity index is 2.63. The molecule has 2 aromatic rings. The van der Waals surface area contributed by atoms with Gasteiger partial charge in [-0.25, -0.2) is 14.7 Å². The Bertz CT molecular complexity index is 1180. The molecule has 6 nitrogen and oxygen atoms in total. The van der Waals surface area contributed by atoms with E-state index >= 15 is 0 Å². The van der Waals surface area contributed by atoms with Gasteiger partial charge in [0.05, 0.1) is 16.7 Å². The average molecular weight is 503 g/mol. The summed E-state index contributed by atoms with van der Waals surface area (Å²) < 4.78 is 92.9. The number of allylic oxidation sites excluding steroid dienone is 2. The van der Waals surface area contributed by atoms with Crippen LogP contribution in [0, 0.1) is 0 Å². The highest BCUT2D eigenvalue weighted by atomic mass is 19.4. The fourth-order valence-corrected chi connectivity index (χ4v) is 2.68. The first kappa shape index (κ1) is 27.5. The molecule has 0 fully saturated rings. The number of nitrogens with two attached hydrogens (primary N) is 1. The molecule has 1 heterocycles. The quantitative estimate of drug-likeness (QED) is 0.220. The van der Waals surface area contributed by atoms with Gasteiger partial charge in [0.2, 0.25) is 0 Å². The number of halogens is 7. The van der Waals surface area contributed by atoms with E-state index in [2.05, 4.69) is 15.1 Å². The van der Waals surface area contributed by atoms with E-state index in [9.17, 15) is 35.5 Å². The maximum absolute atomic E-state index is 13.2. The summed E-state index contributed by atoms with van der Waals surface area (Å²) in [4.78, 5) is 19.3. The predicted molar refractivity (Wildman–Crippen MR) is 115 cm³/mol. The third-order valence-electron chi connectivity index (χ3n) is 4.53. The van der Waals surface area contributed by atoms with Crippen molar-refractivity contribution in [1.29, 1.82) is 0 Å². The van der Waals surface area contributed by atoms with Crippen molar-refractivity contribution < 1.29 is 35.5 Å². The first-order valence-corrected chi connectivity index (χ1v) is 9.92. The predicted octanol–water partition coefficient (Wildman–Crippen LogP) is 5.94. The van der Waals surface area contributed by atoms with Gasteiger partial charge in [0.1, 0.15) is 6.33 Å². The van der Waals surface area contributed by atoms with Crippen LogP contribution >= 0.6 is 0 Å². The van der Waals surface area contributed by atoms with Crippen LogP contribution in [0.5, 0.6) is 0 Å². The molecule has 0 saturated heterocycles. The second-order valence-electron chi connectivity index (χ2n) is 7.30. The number of nitrogens with zero attached hydrogens (tertiary/aromatic N) is 4. The molecule has 0 aliphatic rings. The summed E-state index contributed by atoms with van der Waals surface area (Å²) in [6.07, 6.45) is -4.94. The lowest BCUT2D eigenvalue weighted by molar-refractivity contribution is -0.143. The fraction of sp³-hybridized carbons (Fsp3) is 0.273. The highest BCUT2D eigenvalue weighted by molar-refractivity contribution is 6.00. The van der Waals surface area contributed by atoms with Gasteiger partial charge in [-0.2, -0.15) is 30.7 Å². The lowest BCUT2D eigenvalue weighted by Crippen LogP contribution is -2.16. The molecule has 0 unspecified atom stereocenters. The molecule has 0 aliphatic carbocycles. The van der Waals surface area contributed by atoms with Gasteiger partial charge < -0.3 is 5.73 Å². The lowest BCUT2D eigenvalue weighted by atomic mass is 10.0. The van der Waals surface area contributed by atoms with E-state index in [1.54, 1.807) is 6.92 Å². The van der Waals surface area contributed by atoms with Gasteiger partial charge in [-0.05, 0) is 31.5 Å². The molecule has 0 aliphatic heterocycles. The minimum absolute atomic E-state index is 0.0154. The van der Waals surface area contributed by atoms with Gasteiger partial charge in [0, 0.05) is 30.5 Å². The van der Waals surface area contributed by atoms with Crippen LogP contribution in [0.4, 0.5) is 30.7 Å². The van der Waals surface area contributed by atoms with Crippen molar-refractivity contribution in [1.82, 2.24) is 14.8 Å². The maximum Gasteiger partial charge on any atom is 0.416 e. The summed E-state index contributed by atoms with van der Waals surface area (Å²) in [5, 5.41) is 3.85. The van der Waals surface area contributed by atoms with Gasteiger partial charge in [0.15, 0.2) is 11.8 Å². The van der Waals surface area contributed by atoms with Gasteiger partial charge in [-0.3, -0.25) is 4.79 Å². The fourth-order valence-electron chi connectivity index (χ4n) is 2.68. The third kappa shape index (κ3) is 7.62. The molecule has 13 heteroatoms. The number of aromatic nitrogens is 3. The van der Waals surface area contributed by atoms with Crippen LogP contribution in [0.1, 0.15) is 38.3 Å². The highest BCUT2D eigenvalue weighted by Gasteiger charge is 2.37. The van der Waals surface area contributed by atoms with Gasteiger partial charge in [-0.1, -0.05) is 18.6 Å². The molecule has 1 amide bonds. The monoisotopic (exact) mass is 503 g/mol. The van der Waals surface area contributed by atoms with E-state index in [-0.39, 0.29) is 17.2 Å². The zero-order valence-electron chi connectivity index (χ0n) is 18.7. The number of carbonyl (C=O) groups is 1. The van der Waals surface area contributed by atoms with Crippen LogP contribution < -0.4 is 5.73 Å². The normalized spacial score (nSPS) is 14.5. The Hall–Kier alpha value is -3.77. The topological polar surface area (TPSA) is 86.2 Å². The van der Waals surface area contributed by atoms with E-state index in [4.69, 9.17) is 5.73 Å². The molecule has 0 bridgehead atoms. The van der Waals surface area contributed by atoms with Crippen molar-refractivity contribution >= 4 is 18.1 Å². The Morgan fingerprint density at radius 3 is 2.11 bits per heavy atom. The van der Waals surface area contributed by atoms with Gasteiger partial charge in [0.25, 0.3) is 5.91 Å². The van der Waals surface area contributed by atoms with Crippen LogP contribution in [0.3, 0.4) is 0 Å². The van der Waals surface area contributed by atoms with Crippen LogP contribution in [0.2, 0.25) is 0 Å². The standard InChI is InChI=1S/C22H20F7N5O/c1-4-12(2)5-15(9-31-13(3)23)18(19(30)35)10-34-11-32-20(33-34)14-6-16(21(24,25)26)8-17(7-14)22(27,28)29/h5-11H,4H2,1-3H3,(H2,30,35)/b12-5+,15-9+,18-10+,31-13+. The molecule has 1 aromatic heterocycles. The number of carbonyl (C=O) groups excluding carboxylic acids is 1. The molecule has 0 saturated carbocycles. The number of benzene rings is 1. The van der Waals surface area contributed by atoms with Crippen LogP contribution in [-0.4, -0.2) is 26.6 Å². The number of rotatable bonds is 7. The number of hydrogen-bond acceptors (Lipinski definition) is 4. The summed E-state index contributed by atoms with van der Waals surface area (Å²) >= 11 is 0. The van der Waals surface area contributed by atoms with Crippen LogP contribution in [0.25, 0.3) is 17.6 Å². The zero-order chi connectivity index (χ0) is 26.6. The van der Waals surface area contributed by atoms with Gasteiger partial charge >= 0.3 is 12.4 Å². The highest BCUT2D eigenvalue weighted by Crippen LogP contribution is 2.38. The Labute approximate surface area is 195 Å². The van der Waals surface area contributed by atoms with Crippen molar-refractivity contribution in [3.8, 4) is 11.4 Å². The molecule has 2 N–H and O–H groups in total. The zero-order valence-corrected chi connectivity index (χ0v) is 18.7. The molecular weight excluding hydrogens is 483 g/mol. The Morgan fingerprint density at radius 2 is 1.66 bits per heavy atom. The average Bonchev–Trinajstić information content (AvgIpc) is 3.22. The molecular formula is C22H20F7N5O. The van der Waals surface area contributed by atoms with Crippen LogP contribution in [-0.2, 0) is 17.1 Å². The van der Waals surface area contributed by atoms with Gasteiger partial charge in [-0.15, -0.1) is 5.10 Å². The minimum Gasteiger partial charge on any atom is -0.366 e. The number of aliphatic imine (C=N–C) groups is 1. The molecule has 35 heavy (non-hydrogen) atoms. The largest absolute Gasteiger partial charge is 0.416 e. The number of amides is 1. The summed E-state index contributed by atoms with van der Waals surface area (Å²) in [6, 6.07) is 0.939. The van der Waals surface area contributed by atoms with E-state index < -0.39 is 46.7 Å². The first-order valence-electron chi connectivity index (χ1n) is 9.92. The maximum atomic E-state index is 13.2. The lowest BCUT2D eigenvalue weighted by Gasteiger charge is -2.13. The van der Waals surface area contributed by atoms with Crippen molar-refractivity contribution in [3.63, 3.8) is 0 Å². The number of hydrogen-bond donors (Lipinski definition) is 1. The smallest absolute Gasteiger partial charge is 0.366 e. The molecule has 0 spiro atoms. The summed E-state index contributed by atoms with van der Waals surface area (Å²) in [5.74, 6) is -2.24. The molecule has 0 atom stereocenters. The molecule has 2 rings (SSSR count). The van der Waals surface area contributed by atoms with E-state index in [0.717, 1.165) is 35.9 Å². The SMILES string of the molecule is CC/C(C)=C/C(=C\N=C(/C)F)C(=C\n1cnc(-c2cc(C(F)(F)F)cc(C(F)(F)F)c2)n1)/C(N)=O. The third-order valence-corrected chi connectivity index (χ3v) is 4.53. The first-order chi connectivity index (χ1) is 16.1. The summed E-state index contributed by atoms with van der Waals surface area (Å²) in [5.41, 5.74) is 2.49. The van der Waals surface area contributed by atoms with Crippen molar-refractivity contribution in [3.05, 3.63) is 64.6 Å². The Kier molecular flexibility index (Phi) is 8.37. The number of alkyl halides is 6. The summed E-state index contributed by atoms with van der Waals surface area (Å²) in [7, 11) is 0.